The molecule has 0 aromatic carbocycles. The van der Waals surface area contributed by atoms with E-state index in [-0.39, 0.29) is 5.48 Å². The van der Waals surface area contributed by atoms with Gasteiger partial charge in [-0.05, 0) is 13.8 Å². The molecule has 0 aliphatic carbocycles. The Kier molecular flexibility index (Phi) is 12.9. The van der Waals surface area contributed by atoms with E-state index in [2.05, 4.69) is 20.9 Å². The van der Waals surface area contributed by atoms with Crippen LogP contribution in [0.2, 0.25) is 0 Å². The highest BCUT2D eigenvalue weighted by Crippen LogP contribution is 2.06. The first-order valence-electron chi connectivity index (χ1n) is 4.88. The Morgan fingerprint density at radius 2 is 1.38 bits per heavy atom. The molecule has 0 aliphatic heterocycles. The lowest BCUT2D eigenvalue weighted by Gasteiger charge is -2.31. The maximum absolute atomic E-state index is 9.75. The number of ether oxygens (including phenoxy) is 1. The molecule has 0 fully saturated rings. The Balaban J connectivity index is -0.000000242. The Hall–Kier alpha value is -0.335. The van der Waals surface area contributed by atoms with Crippen LogP contribution in [0, 0.1) is 0 Å². The number of rotatable bonds is 5. The third-order valence-electron chi connectivity index (χ3n) is 2.36. The van der Waals surface area contributed by atoms with E-state index in [9.17, 15) is 17.3 Å². The molecule has 0 aromatic heterocycles. The van der Waals surface area contributed by atoms with Crippen LogP contribution in [-0.4, -0.2) is 57.6 Å². The highest BCUT2D eigenvalue weighted by molar-refractivity contribution is 6.50. The third kappa shape index (κ3) is 19.3. The van der Waals surface area contributed by atoms with Crippen LogP contribution in [-0.2, 0) is 4.74 Å². The van der Waals surface area contributed by atoms with Gasteiger partial charge in [0.2, 0.25) is 0 Å². The Morgan fingerprint density at radius 3 is 1.56 bits per heavy atom. The van der Waals surface area contributed by atoms with Crippen molar-refractivity contribution in [1.29, 1.82) is 0 Å². The van der Waals surface area contributed by atoms with E-state index in [0.717, 1.165) is 17.6 Å². The van der Waals surface area contributed by atoms with Gasteiger partial charge in [-0.1, -0.05) is 0 Å². The molecule has 0 aliphatic rings. The second-order valence-corrected chi connectivity index (χ2v) is 3.46. The smallest absolute Gasteiger partial charge is 0.418 e. The quantitative estimate of drug-likeness (QED) is 0.415. The van der Waals surface area contributed by atoms with Gasteiger partial charge in [0.25, 0.3) is 0 Å². The second-order valence-electron chi connectivity index (χ2n) is 3.46. The van der Waals surface area contributed by atoms with E-state index in [1.54, 1.807) is 7.11 Å². The lowest BCUT2D eigenvalue weighted by molar-refractivity contribution is -0.906. The van der Waals surface area contributed by atoms with Gasteiger partial charge < -0.3 is 32.0 Å². The van der Waals surface area contributed by atoms with Crippen molar-refractivity contribution >= 4 is 7.25 Å². The van der Waals surface area contributed by atoms with Crippen LogP contribution in [0.25, 0.3) is 0 Å². The van der Waals surface area contributed by atoms with Crippen LogP contribution in [0.5, 0.6) is 0 Å². The molecule has 102 valence electrons. The average molecular weight is 251 g/mol. The summed E-state index contributed by atoms with van der Waals surface area (Å²) in [7, 11) is -1.98. The third-order valence-corrected chi connectivity index (χ3v) is 2.36. The summed E-state index contributed by atoms with van der Waals surface area (Å²) in [6, 6.07) is 0. The van der Waals surface area contributed by atoms with Gasteiger partial charge in [0.05, 0.1) is 26.7 Å². The molecule has 0 spiro atoms. The Morgan fingerprint density at radius 1 is 1.06 bits per heavy atom. The zero-order chi connectivity index (χ0) is 12.5. The van der Waals surface area contributed by atoms with Crippen molar-refractivity contribution in [2.75, 3.05) is 40.4 Å². The first kappa shape index (κ1) is 21.0. The van der Waals surface area contributed by atoms with E-state index in [0.29, 0.717) is 0 Å². The summed E-state index contributed by atoms with van der Waals surface area (Å²) in [5.41, 5.74) is 0. The summed E-state index contributed by atoms with van der Waals surface area (Å²) in [5.74, 6) is 0. The molecule has 0 bridgehead atoms. The largest absolute Gasteiger partial charge is 0.673 e. The van der Waals surface area contributed by atoms with Crippen molar-refractivity contribution in [2.45, 2.75) is 13.8 Å². The predicted octanol–water partition coefficient (Wildman–Crippen LogP) is 1.59. The Labute approximate surface area is 94.4 Å². The summed E-state index contributed by atoms with van der Waals surface area (Å²) >= 11 is 0. The van der Waals surface area contributed by atoms with E-state index < -0.39 is 7.25 Å². The summed E-state index contributed by atoms with van der Waals surface area (Å²) in [5, 5.41) is 0. The molecule has 0 radical (unpaired) electrons. The van der Waals surface area contributed by atoms with Gasteiger partial charge in [-0.2, -0.15) is 0 Å². The van der Waals surface area contributed by atoms with E-state index in [1.165, 1.54) is 13.1 Å². The molecular formula is C8H22BF4NO2. The summed E-state index contributed by atoms with van der Waals surface area (Å²) in [6.07, 6.45) is 0. The first-order valence-corrected chi connectivity index (χ1v) is 4.88. The fourth-order valence-electron chi connectivity index (χ4n) is 0.852. The number of quaternary nitrogens is 1. The van der Waals surface area contributed by atoms with E-state index >= 15 is 0 Å². The van der Waals surface area contributed by atoms with Crippen molar-refractivity contribution in [3.8, 4) is 0 Å². The SMILES string of the molecule is CC[N+](C)(CC)CCOC.F[B-](F)(F)F.O. The fourth-order valence-corrected chi connectivity index (χ4v) is 0.852. The highest BCUT2D eigenvalue weighted by atomic mass is 19.5. The molecule has 0 amide bonds. The number of hydrogen-bond donors (Lipinski definition) is 0. The maximum atomic E-state index is 9.75. The standard InChI is InChI=1S/C8H20NO.BF4.H2O/c1-5-9(3,6-2)7-8-10-4;2-1(3,4)5;/h5-8H2,1-4H3;;1H2/q+1;-1;. The van der Waals surface area contributed by atoms with Crippen molar-refractivity contribution < 1.29 is 32.0 Å². The molecule has 16 heavy (non-hydrogen) atoms. The summed E-state index contributed by atoms with van der Waals surface area (Å²) in [6.45, 7) is 8.83. The molecule has 0 atom stereocenters. The highest BCUT2D eigenvalue weighted by Gasteiger charge is 2.20. The minimum atomic E-state index is -6.00. The molecule has 0 aromatic rings. The number of hydrogen-bond acceptors (Lipinski definition) is 1. The van der Waals surface area contributed by atoms with Crippen LogP contribution in [0.1, 0.15) is 13.8 Å². The molecule has 0 rings (SSSR count). The number of likely N-dealkylation sites (N-methyl/N-ethyl adjacent to an activating group) is 1. The van der Waals surface area contributed by atoms with Crippen LogP contribution >= 0.6 is 0 Å². The summed E-state index contributed by atoms with van der Waals surface area (Å²) in [4.78, 5) is 0. The van der Waals surface area contributed by atoms with Gasteiger partial charge in [-0.25, -0.2) is 0 Å². The molecule has 0 unspecified atom stereocenters. The van der Waals surface area contributed by atoms with Crippen LogP contribution in [0.3, 0.4) is 0 Å². The van der Waals surface area contributed by atoms with Crippen LogP contribution in [0.4, 0.5) is 17.3 Å². The molecule has 0 saturated carbocycles. The number of nitrogens with zero attached hydrogens (tertiary/aromatic N) is 1. The average Bonchev–Trinajstić information content (AvgIpc) is 2.12. The summed E-state index contributed by atoms with van der Waals surface area (Å²) < 4.78 is 45.1. The zero-order valence-electron chi connectivity index (χ0n) is 10.3. The Bertz CT molecular complexity index is 147. The number of halogens is 4. The minimum absolute atomic E-state index is 0. The lowest BCUT2D eigenvalue weighted by atomic mass is 10.3. The monoisotopic (exact) mass is 251 g/mol. The molecule has 3 nitrogen and oxygen atoms in total. The lowest BCUT2D eigenvalue weighted by Crippen LogP contribution is -2.45. The molecule has 2 N–H and O–H groups in total. The second kappa shape index (κ2) is 9.86. The maximum Gasteiger partial charge on any atom is 0.673 e. The molecule has 0 saturated heterocycles. The molecule has 8 heteroatoms. The molecule has 0 heterocycles. The van der Waals surface area contributed by atoms with Crippen LogP contribution in [0.15, 0.2) is 0 Å². The van der Waals surface area contributed by atoms with Gasteiger partial charge in [-0.15, -0.1) is 0 Å². The van der Waals surface area contributed by atoms with Gasteiger partial charge in [0.15, 0.2) is 0 Å². The normalized spacial score (nSPS) is 11.2. The molecular weight excluding hydrogens is 229 g/mol. The topological polar surface area (TPSA) is 40.7 Å². The van der Waals surface area contributed by atoms with Gasteiger partial charge in [0.1, 0.15) is 6.54 Å². The zero-order valence-corrected chi connectivity index (χ0v) is 10.3. The van der Waals surface area contributed by atoms with Gasteiger partial charge in [0, 0.05) is 7.11 Å². The van der Waals surface area contributed by atoms with Crippen molar-refractivity contribution in [1.82, 2.24) is 0 Å². The van der Waals surface area contributed by atoms with E-state index in [4.69, 9.17) is 4.74 Å². The van der Waals surface area contributed by atoms with Crippen molar-refractivity contribution in [2.24, 2.45) is 0 Å². The van der Waals surface area contributed by atoms with Crippen molar-refractivity contribution in [3.05, 3.63) is 0 Å². The fraction of sp³-hybridized carbons (Fsp3) is 1.00. The van der Waals surface area contributed by atoms with E-state index in [1.807, 2.05) is 0 Å². The number of methoxy groups -OCH3 is 1. The first-order chi connectivity index (χ1) is 6.68. The van der Waals surface area contributed by atoms with Gasteiger partial charge in [-0.3, -0.25) is 0 Å². The van der Waals surface area contributed by atoms with Crippen molar-refractivity contribution in [3.63, 3.8) is 0 Å². The minimum Gasteiger partial charge on any atom is -0.418 e. The predicted molar refractivity (Wildman–Crippen MR) is 57.8 cm³/mol. The van der Waals surface area contributed by atoms with Gasteiger partial charge >= 0.3 is 7.25 Å². The van der Waals surface area contributed by atoms with Crippen LogP contribution < -0.4 is 0 Å².